The number of halogens is 3. The SMILES string of the molecule is CCC1Oc2cc(-c3cnc(C4=CC(F)(F)CN4)[nH]3)ccc2C2=C(F)c3cc(-c4cnc([C@@H]5CCCN5C(=O)[C@@H](NCOC)C(C)C)[nH]4)ccc3[C@H](C)[C@]21C. The Labute approximate surface area is 319 Å². The van der Waals surface area contributed by atoms with E-state index in [0.717, 1.165) is 41.3 Å². The zero-order valence-corrected chi connectivity index (χ0v) is 32.0. The van der Waals surface area contributed by atoms with Gasteiger partial charge in [-0.05, 0) is 48.8 Å². The zero-order chi connectivity index (χ0) is 38.8. The Kier molecular flexibility index (Phi) is 9.44. The zero-order valence-electron chi connectivity index (χ0n) is 32.0. The smallest absolute Gasteiger partial charge is 0.285 e. The quantitative estimate of drug-likeness (QED) is 0.121. The van der Waals surface area contributed by atoms with E-state index in [-0.39, 0.29) is 54.2 Å². The maximum Gasteiger partial charge on any atom is 0.285 e. The summed E-state index contributed by atoms with van der Waals surface area (Å²) in [6, 6.07) is 11.0. The van der Waals surface area contributed by atoms with E-state index in [1.54, 1.807) is 19.5 Å². The van der Waals surface area contributed by atoms with Crippen LogP contribution in [0.2, 0.25) is 0 Å². The van der Waals surface area contributed by atoms with Crippen molar-refractivity contribution in [3.63, 3.8) is 0 Å². The van der Waals surface area contributed by atoms with Crippen LogP contribution in [-0.4, -0.2) is 75.7 Å². The number of amides is 1. The number of aromatic nitrogens is 4. The van der Waals surface area contributed by atoms with Crippen molar-refractivity contribution in [2.75, 3.05) is 26.9 Å². The second kappa shape index (κ2) is 14.0. The maximum absolute atomic E-state index is 17.3. The van der Waals surface area contributed by atoms with Crippen LogP contribution >= 0.6 is 0 Å². The minimum Gasteiger partial charge on any atom is -0.489 e. The van der Waals surface area contributed by atoms with E-state index in [9.17, 15) is 13.6 Å². The molecule has 10 nitrogen and oxygen atoms in total. The first-order chi connectivity index (χ1) is 26.3. The highest BCUT2D eigenvalue weighted by atomic mass is 19.3. The van der Waals surface area contributed by atoms with Gasteiger partial charge in [0.1, 0.15) is 23.5 Å². The Morgan fingerprint density at radius 1 is 1.09 bits per heavy atom. The second-order valence-electron chi connectivity index (χ2n) is 15.8. The Bertz CT molecular complexity index is 2190. The van der Waals surface area contributed by atoms with Gasteiger partial charge in [-0.25, -0.2) is 14.4 Å². The molecule has 5 heterocycles. The third-order valence-corrected chi connectivity index (χ3v) is 12.1. The monoisotopic (exact) mass is 755 g/mol. The van der Waals surface area contributed by atoms with Gasteiger partial charge in [-0.3, -0.25) is 10.1 Å². The van der Waals surface area contributed by atoms with Gasteiger partial charge in [-0.15, -0.1) is 0 Å². The number of alkyl halides is 2. The topological polar surface area (TPSA) is 120 Å². The lowest BCUT2D eigenvalue weighted by Gasteiger charge is -2.50. The van der Waals surface area contributed by atoms with Crippen molar-refractivity contribution in [1.82, 2.24) is 35.5 Å². The van der Waals surface area contributed by atoms with Gasteiger partial charge in [0.15, 0.2) is 5.82 Å². The number of ether oxygens (including phenoxy) is 2. The van der Waals surface area contributed by atoms with Crippen molar-refractivity contribution in [1.29, 1.82) is 0 Å². The second-order valence-corrected chi connectivity index (χ2v) is 15.8. The Balaban J connectivity index is 1.12. The van der Waals surface area contributed by atoms with Crippen molar-refractivity contribution in [2.45, 2.75) is 83.9 Å². The van der Waals surface area contributed by atoms with Crippen LogP contribution in [0.3, 0.4) is 0 Å². The minimum atomic E-state index is -2.93. The van der Waals surface area contributed by atoms with Gasteiger partial charge in [0.25, 0.3) is 5.92 Å². The number of benzene rings is 2. The number of methoxy groups -OCH3 is 1. The van der Waals surface area contributed by atoms with Gasteiger partial charge >= 0.3 is 0 Å². The van der Waals surface area contributed by atoms with E-state index in [1.807, 2.05) is 55.1 Å². The van der Waals surface area contributed by atoms with Crippen molar-refractivity contribution in [2.24, 2.45) is 11.3 Å². The fraction of sp³-hybridized carbons (Fsp3) is 0.452. The van der Waals surface area contributed by atoms with Crippen LogP contribution in [0.25, 0.3) is 39.6 Å². The molecule has 55 heavy (non-hydrogen) atoms. The first-order valence-electron chi connectivity index (χ1n) is 19.2. The van der Waals surface area contributed by atoms with E-state index < -0.39 is 17.9 Å². The predicted molar refractivity (Wildman–Crippen MR) is 205 cm³/mol. The molecule has 290 valence electrons. The van der Waals surface area contributed by atoms with Gasteiger partial charge < -0.3 is 29.7 Å². The molecule has 3 aliphatic heterocycles. The van der Waals surface area contributed by atoms with Crippen LogP contribution in [0.1, 0.15) is 94.2 Å². The molecule has 1 aliphatic carbocycles. The normalized spacial score (nSPS) is 24.6. The van der Waals surface area contributed by atoms with E-state index in [4.69, 9.17) is 14.5 Å². The van der Waals surface area contributed by atoms with Gasteiger partial charge in [0.2, 0.25) is 5.91 Å². The molecule has 0 radical (unpaired) electrons. The van der Waals surface area contributed by atoms with Crippen LogP contribution in [0.5, 0.6) is 5.75 Å². The third-order valence-electron chi connectivity index (χ3n) is 12.1. The predicted octanol–water partition coefficient (Wildman–Crippen LogP) is 8.06. The highest BCUT2D eigenvalue weighted by Crippen LogP contribution is 2.62. The molecule has 1 fully saturated rings. The fourth-order valence-electron chi connectivity index (χ4n) is 9.04. The number of nitrogens with one attached hydrogen (secondary N) is 4. The van der Waals surface area contributed by atoms with Crippen LogP contribution < -0.4 is 15.4 Å². The first-order valence-corrected chi connectivity index (χ1v) is 19.2. The van der Waals surface area contributed by atoms with Gasteiger partial charge in [-0.2, -0.15) is 8.78 Å². The average molecular weight is 756 g/mol. The number of imidazole rings is 2. The lowest BCUT2D eigenvalue weighted by Crippen LogP contribution is -2.49. The third kappa shape index (κ3) is 6.25. The fourth-order valence-corrected chi connectivity index (χ4v) is 9.04. The summed E-state index contributed by atoms with van der Waals surface area (Å²) in [5, 5.41) is 5.93. The molecule has 1 unspecified atom stereocenters. The van der Waals surface area contributed by atoms with Gasteiger partial charge in [0, 0.05) is 53.0 Å². The summed E-state index contributed by atoms with van der Waals surface area (Å²) in [6.07, 6.45) is 6.28. The highest BCUT2D eigenvalue weighted by Gasteiger charge is 2.52. The molecule has 13 heteroatoms. The summed E-state index contributed by atoms with van der Waals surface area (Å²) < 4.78 is 56.9. The summed E-state index contributed by atoms with van der Waals surface area (Å²) in [6.45, 7) is 10.8. The van der Waals surface area contributed by atoms with E-state index >= 15 is 4.39 Å². The number of likely N-dealkylation sites (tertiary alicyclic amines) is 1. The number of hydrogen-bond donors (Lipinski definition) is 4. The van der Waals surface area contributed by atoms with Gasteiger partial charge in [-0.1, -0.05) is 58.9 Å². The number of nitrogens with zero attached hydrogens (tertiary/aromatic N) is 3. The molecule has 4 aromatic rings. The van der Waals surface area contributed by atoms with Crippen molar-refractivity contribution >= 4 is 23.0 Å². The Morgan fingerprint density at radius 3 is 2.56 bits per heavy atom. The minimum absolute atomic E-state index is 0.0296. The molecular weight excluding hydrogens is 708 g/mol. The molecule has 5 atom stereocenters. The molecule has 4 aliphatic rings. The number of carbonyl (C=O) groups excluding carboxylic acids is 1. The number of aromatic amines is 2. The molecule has 1 saturated heterocycles. The lowest BCUT2D eigenvalue weighted by molar-refractivity contribution is -0.136. The van der Waals surface area contributed by atoms with Crippen LogP contribution in [0, 0.1) is 11.3 Å². The maximum atomic E-state index is 17.3. The van der Waals surface area contributed by atoms with Crippen LogP contribution in [-0.2, 0) is 9.53 Å². The molecule has 1 amide bonds. The molecule has 0 saturated carbocycles. The van der Waals surface area contributed by atoms with Crippen molar-refractivity contribution in [3.8, 4) is 28.3 Å². The molecule has 2 aromatic carbocycles. The highest BCUT2D eigenvalue weighted by molar-refractivity contribution is 5.97. The molecule has 4 N–H and O–H groups in total. The molecule has 2 aromatic heterocycles. The van der Waals surface area contributed by atoms with Crippen LogP contribution in [0.4, 0.5) is 13.2 Å². The van der Waals surface area contributed by atoms with Crippen molar-refractivity contribution in [3.05, 3.63) is 83.2 Å². The molecule has 8 rings (SSSR count). The molecule has 0 spiro atoms. The average Bonchev–Trinajstić information content (AvgIpc) is 4.00. The molecular formula is C42H48F3N7O3. The van der Waals surface area contributed by atoms with E-state index in [2.05, 4.69) is 46.4 Å². The van der Waals surface area contributed by atoms with E-state index in [1.165, 1.54) is 0 Å². The largest absolute Gasteiger partial charge is 0.489 e. The number of fused-ring (bicyclic) bond motifs is 4. The van der Waals surface area contributed by atoms with E-state index in [0.29, 0.717) is 52.8 Å². The number of hydrogen-bond acceptors (Lipinski definition) is 7. The summed E-state index contributed by atoms with van der Waals surface area (Å²) in [5.41, 5.74) is 5.28. The Morgan fingerprint density at radius 2 is 1.84 bits per heavy atom. The summed E-state index contributed by atoms with van der Waals surface area (Å²) in [4.78, 5) is 31.3. The summed E-state index contributed by atoms with van der Waals surface area (Å²) >= 11 is 0. The Hall–Kier alpha value is -4.88. The standard InChI is InChI=1S/C42H48F3N7O3/c1-7-34-41(5)23(4)26-12-10-24(30-19-47-39(51-30)32-9-8-14-52(32)40(53)37(22(2)3)49-21-54-6)15-28(26)36(43)35(41)27-13-11-25(16-33(27)55-34)31-18-46-38(50-31)29-17-42(44,45)20-48-29/h10-13,15-19,22-23,32,34,37,48-49H,7-9,14,20-21H2,1-6H3,(H,46,50)(H,47,51)/t23-,32-,34?,37-,41-/m0/s1. The number of H-pyrrole nitrogens is 2. The summed E-state index contributed by atoms with van der Waals surface area (Å²) in [5.74, 6) is -1.58. The molecule has 0 bridgehead atoms. The van der Waals surface area contributed by atoms with Gasteiger partial charge in [0.05, 0.1) is 54.8 Å². The lowest BCUT2D eigenvalue weighted by atomic mass is 9.58. The number of rotatable bonds is 10. The number of carbonyl (C=O) groups is 1. The van der Waals surface area contributed by atoms with Crippen LogP contribution in [0.15, 0.2) is 54.9 Å². The van der Waals surface area contributed by atoms with Crippen molar-refractivity contribution < 1.29 is 27.4 Å². The first kappa shape index (κ1) is 37.1. The summed E-state index contributed by atoms with van der Waals surface area (Å²) in [7, 11) is 1.60.